The van der Waals surface area contributed by atoms with Gasteiger partial charge in [-0.25, -0.2) is 0 Å². The molecule has 0 fully saturated rings. The Morgan fingerprint density at radius 2 is 1.92 bits per heavy atom. The molecule has 0 N–H and O–H groups in total. The molecule has 0 radical (unpaired) electrons. The third kappa shape index (κ3) is 3.14. The molecular formula is C9H11NO2. The van der Waals surface area contributed by atoms with E-state index in [9.17, 15) is 10.1 Å². The Morgan fingerprint density at radius 3 is 2.50 bits per heavy atom. The van der Waals surface area contributed by atoms with E-state index in [4.69, 9.17) is 0 Å². The van der Waals surface area contributed by atoms with Crippen LogP contribution < -0.4 is 0 Å². The fourth-order valence-corrected chi connectivity index (χ4v) is 1.06. The lowest BCUT2D eigenvalue weighted by Gasteiger charge is -1.96. The third-order valence-electron chi connectivity index (χ3n) is 1.65. The minimum absolute atomic E-state index is 0.0644. The molecule has 3 heteroatoms. The van der Waals surface area contributed by atoms with E-state index in [0.717, 1.165) is 6.42 Å². The molecule has 0 bridgehead atoms. The number of hydrogen-bond donors (Lipinski definition) is 0. The topological polar surface area (TPSA) is 43.1 Å². The minimum Gasteiger partial charge on any atom is -0.265 e. The smallest absolute Gasteiger partial charge is 0.204 e. The van der Waals surface area contributed by atoms with Crippen LogP contribution in [-0.4, -0.2) is 11.5 Å². The Labute approximate surface area is 71.2 Å². The number of benzene rings is 1. The van der Waals surface area contributed by atoms with Crippen molar-refractivity contribution in [2.45, 2.75) is 12.8 Å². The fourth-order valence-electron chi connectivity index (χ4n) is 1.06. The van der Waals surface area contributed by atoms with Gasteiger partial charge in [0.2, 0.25) is 6.54 Å². The molecule has 3 nitrogen and oxygen atoms in total. The summed E-state index contributed by atoms with van der Waals surface area (Å²) in [5.41, 5.74) is 1.17. The van der Waals surface area contributed by atoms with Crippen LogP contribution in [-0.2, 0) is 6.42 Å². The van der Waals surface area contributed by atoms with E-state index in [0.29, 0.717) is 6.42 Å². The zero-order chi connectivity index (χ0) is 8.81. The Morgan fingerprint density at radius 1 is 1.25 bits per heavy atom. The van der Waals surface area contributed by atoms with E-state index < -0.39 is 0 Å². The van der Waals surface area contributed by atoms with Crippen LogP contribution in [0.3, 0.4) is 0 Å². The molecule has 0 spiro atoms. The highest BCUT2D eigenvalue weighted by atomic mass is 16.6. The Balaban J connectivity index is 2.29. The summed E-state index contributed by atoms with van der Waals surface area (Å²) in [7, 11) is 0. The van der Waals surface area contributed by atoms with Gasteiger partial charge < -0.3 is 0 Å². The fraction of sp³-hybridized carbons (Fsp3) is 0.333. The summed E-state index contributed by atoms with van der Waals surface area (Å²) in [6, 6.07) is 9.81. The zero-order valence-electron chi connectivity index (χ0n) is 6.77. The van der Waals surface area contributed by atoms with Gasteiger partial charge in [0.1, 0.15) is 0 Å². The van der Waals surface area contributed by atoms with E-state index >= 15 is 0 Å². The predicted molar refractivity (Wildman–Crippen MR) is 46.6 cm³/mol. The SMILES string of the molecule is O=[N+]([O-])CCCc1ccccc1. The molecular weight excluding hydrogens is 154 g/mol. The van der Waals surface area contributed by atoms with Crippen molar-refractivity contribution in [3.05, 3.63) is 46.0 Å². The highest BCUT2D eigenvalue weighted by Crippen LogP contribution is 2.01. The number of nitrogens with zero attached hydrogens (tertiary/aromatic N) is 1. The second-order valence-electron chi connectivity index (χ2n) is 2.65. The molecule has 64 valence electrons. The molecule has 0 amide bonds. The predicted octanol–water partition coefficient (Wildman–Crippen LogP) is 1.90. The van der Waals surface area contributed by atoms with Gasteiger partial charge in [-0.05, 0) is 12.0 Å². The molecule has 0 heterocycles. The first-order chi connectivity index (χ1) is 5.79. The molecule has 1 rings (SSSR count). The Kier molecular flexibility index (Phi) is 3.26. The van der Waals surface area contributed by atoms with Crippen LogP contribution in [0.25, 0.3) is 0 Å². The van der Waals surface area contributed by atoms with Crippen LogP contribution in [0.15, 0.2) is 30.3 Å². The quantitative estimate of drug-likeness (QED) is 0.505. The lowest BCUT2D eigenvalue weighted by molar-refractivity contribution is -0.480. The summed E-state index contributed by atoms with van der Waals surface area (Å²) in [5, 5.41) is 10.00. The van der Waals surface area contributed by atoms with E-state index in [-0.39, 0.29) is 11.5 Å². The highest BCUT2D eigenvalue weighted by molar-refractivity contribution is 5.14. The van der Waals surface area contributed by atoms with Gasteiger partial charge >= 0.3 is 0 Å². The maximum atomic E-state index is 10.00. The molecule has 0 unspecified atom stereocenters. The molecule has 1 aromatic rings. The summed E-state index contributed by atoms with van der Waals surface area (Å²) in [5.74, 6) is 0. The molecule has 12 heavy (non-hydrogen) atoms. The van der Waals surface area contributed by atoms with E-state index in [1.54, 1.807) is 0 Å². The van der Waals surface area contributed by atoms with E-state index in [1.807, 2.05) is 30.3 Å². The van der Waals surface area contributed by atoms with Crippen molar-refractivity contribution in [2.24, 2.45) is 0 Å². The maximum absolute atomic E-state index is 10.00. The molecule has 0 atom stereocenters. The van der Waals surface area contributed by atoms with Gasteiger partial charge in [0.25, 0.3) is 0 Å². The first kappa shape index (κ1) is 8.71. The average molecular weight is 165 g/mol. The standard InChI is InChI=1S/C9H11NO2/c11-10(12)8-4-7-9-5-2-1-3-6-9/h1-3,5-6H,4,7-8H2. The number of hydrogen-bond acceptors (Lipinski definition) is 2. The monoisotopic (exact) mass is 165 g/mol. The van der Waals surface area contributed by atoms with Crippen molar-refractivity contribution in [2.75, 3.05) is 6.54 Å². The summed E-state index contributed by atoms with van der Waals surface area (Å²) in [6.45, 7) is 0.0644. The third-order valence-corrected chi connectivity index (χ3v) is 1.65. The lowest BCUT2D eigenvalue weighted by atomic mass is 10.1. The lowest BCUT2D eigenvalue weighted by Crippen LogP contribution is -2.01. The van der Waals surface area contributed by atoms with Gasteiger partial charge in [0.15, 0.2) is 0 Å². The molecule has 0 saturated carbocycles. The van der Waals surface area contributed by atoms with Crippen LogP contribution in [0.1, 0.15) is 12.0 Å². The van der Waals surface area contributed by atoms with Crippen molar-refractivity contribution in [3.63, 3.8) is 0 Å². The minimum atomic E-state index is -0.275. The second-order valence-corrected chi connectivity index (χ2v) is 2.65. The Bertz CT molecular complexity index is 246. The van der Waals surface area contributed by atoms with Crippen molar-refractivity contribution < 1.29 is 4.92 Å². The molecule has 1 aromatic carbocycles. The molecule has 0 aliphatic heterocycles. The molecule has 0 aromatic heterocycles. The van der Waals surface area contributed by atoms with Crippen LogP contribution in [0, 0.1) is 10.1 Å². The van der Waals surface area contributed by atoms with Gasteiger partial charge in [-0.15, -0.1) is 0 Å². The zero-order valence-corrected chi connectivity index (χ0v) is 6.77. The van der Waals surface area contributed by atoms with Crippen molar-refractivity contribution in [3.8, 4) is 0 Å². The second kappa shape index (κ2) is 4.49. The van der Waals surface area contributed by atoms with Gasteiger partial charge in [0, 0.05) is 11.3 Å². The maximum Gasteiger partial charge on any atom is 0.204 e. The number of aryl methyl sites for hydroxylation is 1. The normalized spacial score (nSPS) is 9.67. The van der Waals surface area contributed by atoms with Crippen LogP contribution in [0.2, 0.25) is 0 Å². The summed E-state index contributed by atoms with van der Waals surface area (Å²) < 4.78 is 0. The molecule has 0 aliphatic rings. The van der Waals surface area contributed by atoms with E-state index in [1.165, 1.54) is 5.56 Å². The van der Waals surface area contributed by atoms with Crippen molar-refractivity contribution in [1.29, 1.82) is 0 Å². The number of rotatable bonds is 4. The van der Waals surface area contributed by atoms with Crippen molar-refractivity contribution >= 4 is 0 Å². The molecule has 0 saturated heterocycles. The van der Waals surface area contributed by atoms with Gasteiger partial charge in [-0.3, -0.25) is 10.1 Å². The van der Waals surface area contributed by atoms with Gasteiger partial charge in [0.05, 0.1) is 0 Å². The summed E-state index contributed by atoms with van der Waals surface area (Å²) >= 11 is 0. The van der Waals surface area contributed by atoms with Crippen LogP contribution in [0.4, 0.5) is 0 Å². The van der Waals surface area contributed by atoms with Gasteiger partial charge in [-0.2, -0.15) is 0 Å². The Hall–Kier alpha value is -1.38. The van der Waals surface area contributed by atoms with Crippen LogP contribution in [0.5, 0.6) is 0 Å². The summed E-state index contributed by atoms with van der Waals surface area (Å²) in [4.78, 5) is 9.72. The highest BCUT2D eigenvalue weighted by Gasteiger charge is 1.97. The summed E-state index contributed by atoms with van der Waals surface area (Å²) in [6.07, 6.45) is 1.42. The number of nitro groups is 1. The largest absolute Gasteiger partial charge is 0.265 e. The van der Waals surface area contributed by atoms with E-state index in [2.05, 4.69) is 0 Å². The van der Waals surface area contributed by atoms with Crippen molar-refractivity contribution in [1.82, 2.24) is 0 Å². The van der Waals surface area contributed by atoms with Gasteiger partial charge in [-0.1, -0.05) is 30.3 Å². The first-order valence-corrected chi connectivity index (χ1v) is 3.95. The molecule has 0 aliphatic carbocycles. The van der Waals surface area contributed by atoms with Crippen LogP contribution >= 0.6 is 0 Å². The first-order valence-electron chi connectivity index (χ1n) is 3.95. The average Bonchev–Trinajstić information content (AvgIpc) is 2.05.